The van der Waals surface area contributed by atoms with Crippen molar-refractivity contribution in [2.75, 3.05) is 25.0 Å². The van der Waals surface area contributed by atoms with E-state index in [9.17, 15) is 4.79 Å². The summed E-state index contributed by atoms with van der Waals surface area (Å²) >= 11 is 0. The molecule has 0 saturated carbocycles. The number of aromatic nitrogens is 2. The SMILES string of the molecule is CCOC(=O)N1CCC(Nc2c(C)n[nH]c2C)CC1. The standard InChI is InChI=1S/C13H22N4O2/c1-4-19-13(18)17-7-5-11(6-8-17)14-12-9(2)15-16-10(12)3/h11,14H,4-8H2,1-3H3,(H,15,16). The summed E-state index contributed by atoms with van der Waals surface area (Å²) in [7, 11) is 0. The average Bonchev–Trinajstić information content (AvgIpc) is 2.72. The Kier molecular flexibility index (Phi) is 4.29. The first-order valence-electron chi connectivity index (χ1n) is 6.81. The van der Waals surface area contributed by atoms with E-state index in [1.807, 2.05) is 20.8 Å². The highest BCUT2D eigenvalue weighted by atomic mass is 16.6. The number of rotatable bonds is 3. The normalized spacial score (nSPS) is 16.5. The Morgan fingerprint density at radius 3 is 2.68 bits per heavy atom. The Bertz CT molecular complexity index is 416. The van der Waals surface area contributed by atoms with Crippen LogP contribution < -0.4 is 5.32 Å². The van der Waals surface area contributed by atoms with Crippen LogP contribution in [0.3, 0.4) is 0 Å². The molecule has 0 unspecified atom stereocenters. The molecular weight excluding hydrogens is 244 g/mol. The van der Waals surface area contributed by atoms with E-state index in [-0.39, 0.29) is 6.09 Å². The smallest absolute Gasteiger partial charge is 0.409 e. The summed E-state index contributed by atoms with van der Waals surface area (Å²) in [4.78, 5) is 13.4. The molecule has 1 aliphatic rings. The third kappa shape index (κ3) is 3.19. The van der Waals surface area contributed by atoms with Crippen LogP contribution in [0.15, 0.2) is 0 Å². The maximum Gasteiger partial charge on any atom is 0.409 e. The van der Waals surface area contributed by atoms with E-state index in [2.05, 4.69) is 15.5 Å². The van der Waals surface area contributed by atoms with E-state index in [0.29, 0.717) is 12.6 Å². The molecule has 1 aromatic heterocycles. The largest absolute Gasteiger partial charge is 0.450 e. The summed E-state index contributed by atoms with van der Waals surface area (Å²) in [6.45, 7) is 7.75. The molecule has 0 radical (unpaired) electrons. The van der Waals surface area contributed by atoms with Crippen LogP contribution in [0.25, 0.3) is 0 Å². The number of piperidine rings is 1. The zero-order valence-corrected chi connectivity index (χ0v) is 11.8. The molecule has 19 heavy (non-hydrogen) atoms. The lowest BCUT2D eigenvalue weighted by atomic mass is 10.0. The van der Waals surface area contributed by atoms with Gasteiger partial charge in [-0.15, -0.1) is 0 Å². The first-order chi connectivity index (χ1) is 9.11. The number of anilines is 1. The van der Waals surface area contributed by atoms with E-state index in [1.54, 1.807) is 4.90 Å². The number of carbonyl (C=O) groups is 1. The molecule has 1 saturated heterocycles. The number of hydrogen-bond donors (Lipinski definition) is 2. The molecule has 6 nitrogen and oxygen atoms in total. The van der Waals surface area contributed by atoms with Crippen LogP contribution in [-0.4, -0.2) is 46.9 Å². The highest BCUT2D eigenvalue weighted by Crippen LogP contribution is 2.21. The molecule has 106 valence electrons. The summed E-state index contributed by atoms with van der Waals surface area (Å²) in [6.07, 6.45) is 1.67. The van der Waals surface area contributed by atoms with Crippen molar-refractivity contribution in [1.29, 1.82) is 0 Å². The fraction of sp³-hybridized carbons (Fsp3) is 0.692. The second-order valence-electron chi connectivity index (χ2n) is 4.91. The fourth-order valence-electron chi connectivity index (χ4n) is 2.39. The maximum absolute atomic E-state index is 11.6. The first kappa shape index (κ1) is 13.7. The van der Waals surface area contributed by atoms with Crippen LogP contribution in [-0.2, 0) is 4.74 Å². The van der Waals surface area contributed by atoms with Crippen LogP contribution in [0.4, 0.5) is 10.5 Å². The zero-order valence-electron chi connectivity index (χ0n) is 11.8. The lowest BCUT2D eigenvalue weighted by Gasteiger charge is -2.32. The number of carbonyl (C=O) groups excluding carboxylic acids is 1. The van der Waals surface area contributed by atoms with Gasteiger partial charge < -0.3 is 15.0 Å². The second kappa shape index (κ2) is 5.95. The molecular formula is C13H22N4O2. The van der Waals surface area contributed by atoms with Gasteiger partial charge in [-0.05, 0) is 33.6 Å². The van der Waals surface area contributed by atoms with Gasteiger partial charge in [0.2, 0.25) is 0 Å². The fourth-order valence-corrected chi connectivity index (χ4v) is 2.39. The van der Waals surface area contributed by atoms with Gasteiger partial charge in [0.15, 0.2) is 0 Å². The van der Waals surface area contributed by atoms with Gasteiger partial charge in [-0.1, -0.05) is 0 Å². The van der Waals surface area contributed by atoms with Crippen molar-refractivity contribution in [1.82, 2.24) is 15.1 Å². The summed E-state index contributed by atoms with van der Waals surface area (Å²) < 4.78 is 5.01. The maximum atomic E-state index is 11.6. The molecule has 6 heteroatoms. The van der Waals surface area contributed by atoms with E-state index < -0.39 is 0 Å². The van der Waals surface area contributed by atoms with E-state index in [0.717, 1.165) is 43.0 Å². The number of likely N-dealkylation sites (tertiary alicyclic amines) is 1. The van der Waals surface area contributed by atoms with Gasteiger partial charge in [-0.3, -0.25) is 5.10 Å². The molecule has 0 aliphatic carbocycles. The van der Waals surface area contributed by atoms with Crippen molar-refractivity contribution in [3.8, 4) is 0 Å². The molecule has 0 bridgehead atoms. The number of nitrogens with zero attached hydrogens (tertiary/aromatic N) is 2. The van der Waals surface area contributed by atoms with Gasteiger partial charge in [0.25, 0.3) is 0 Å². The molecule has 0 spiro atoms. The van der Waals surface area contributed by atoms with Gasteiger partial charge in [-0.2, -0.15) is 5.10 Å². The Labute approximate surface area is 113 Å². The van der Waals surface area contributed by atoms with E-state index >= 15 is 0 Å². The predicted molar refractivity (Wildman–Crippen MR) is 73.3 cm³/mol. The lowest BCUT2D eigenvalue weighted by molar-refractivity contribution is 0.0983. The number of nitrogens with one attached hydrogen (secondary N) is 2. The number of aryl methyl sites for hydroxylation is 2. The molecule has 1 amide bonds. The van der Waals surface area contributed by atoms with Gasteiger partial charge in [0.05, 0.1) is 23.7 Å². The highest BCUT2D eigenvalue weighted by Gasteiger charge is 2.24. The minimum Gasteiger partial charge on any atom is -0.450 e. The molecule has 2 heterocycles. The van der Waals surface area contributed by atoms with Crippen LogP contribution in [0.5, 0.6) is 0 Å². The summed E-state index contributed by atoms with van der Waals surface area (Å²) in [5, 5.41) is 10.7. The minimum absolute atomic E-state index is 0.198. The monoisotopic (exact) mass is 266 g/mol. The van der Waals surface area contributed by atoms with Gasteiger partial charge >= 0.3 is 6.09 Å². The quantitative estimate of drug-likeness (QED) is 0.878. The summed E-state index contributed by atoms with van der Waals surface area (Å²) in [5.74, 6) is 0. The third-order valence-electron chi connectivity index (χ3n) is 3.50. The van der Waals surface area contributed by atoms with Crippen molar-refractivity contribution < 1.29 is 9.53 Å². The lowest BCUT2D eigenvalue weighted by Crippen LogP contribution is -2.42. The van der Waals surface area contributed by atoms with Crippen molar-refractivity contribution in [2.45, 2.75) is 39.7 Å². The Hall–Kier alpha value is -1.72. The van der Waals surface area contributed by atoms with Crippen molar-refractivity contribution in [2.24, 2.45) is 0 Å². The van der Waals surface area contributed by atoms with Crippen LogP contribution in [0, 0.1) is 13.8 Å². The average molecular weight is 266 g/mol. The molecule has 1 fully saturated rings. The minimum atomic E-state index is -0.198. The van der Waals surface area contributed by atoms with E-state index in [1.165, 1.54) is 0 Å². The van der Waals surface area contributed by atoms with Crippen molar-refractivity contribution in [3.63, 3.8) is 0 Å². The topological polar surface area (TPSA) is 70.2 Å². The number of aromatic amines is 1. The number of ether oxygens (including phenoxy) is 1. The number of amides is 1. The van der Waals surface area contributed by atoms with Crippen molar-refractivity contribution in [3.05, 3.63) is 11.4 Å². The Morgan fingerprint density at radius 1 is 1.47 bits per heavy atom. The van der Waals surface area contributed by atoms with Crippen LogP contribution in [0.1, 0.15) is 31.2 Å². The first-order valence-corrected chi connectivity index (χ1v) is 6.81. The summed E-state index contributed by atoms with van der Waals surface area (Å²) in [5.41, 5.74) is 3.14. The van der Waals surface area contributed by atoms with Crippen molar-refractivity contribution >= 4 is 11.8 Å². The van der Waals surface area contributed by atoms with Crippen LogP contribution in [0.2, 0.25) is 0 Å². The Morgan fingerprint density at radius 2 is 2.16 bits per heavy atom. The van der Waals surface area contributed by atoms with E-state index in [4.69, 9.17) is 4.74 Å². The van der Waals surface area contributed by atoms with Gasteiger partial charge in [0, 0.05) is 19.1 Å². The molecule has 0 atom stereocenters. The third-order valence-corrected chi connectivity index (χ3v) is 3.50. The number of H-pyrrole nitrogens is 1. The molecule has 2 rings (SSSR count). The second-order valence-corrected chi connectivity index (χ2v) is 4.91. The zero-order chi connectivity index (χ0) is 13.8. The highest BCUT2D eigenvalue weighted by molar-refractivity contribution is 5.67. The van der Waals surface area contributed by atoms with Crippen LogP contribution >= 0.6 is 0 Å². The molecule has 1 aromatic rings. The van der Waals surface area contributed by atoms with Gasteiger partial charge in [0.1, 0.15) is 0 Å². The predicted octanol–water partition coefficient (Wildman–Crippen LogP) is 2.06. The summed E-state index contributed by atoms with van der Waals surface area (Å²) in [6, 6.07) is 0.390. The molecule has 0 aromatic carbocycles. The molecule has 2 N–H and O–H groups in total. The Balaban J connectivity index is 1.85. The molecule has 1 aliphatic heterocycles. The van der Waals surface area contributed by atoms with Gasteiger partial charge in [-0.25, -0.2) is 4.79 Å². The number of hydrogen-bond acceptors (Lipinski definition) is 4.